The molecule has 2 rings (SSSR count). The summed E-state index contributed by atoms with van der Waals surface area (Å²) in [6.45, 7) is 4.14. The molecule has 0 aliphatic rings. The van der Waals surface area contributed by atoms with Crippen LogP contribution in [0, 0.1) is 6.92 Å². The van der Waals surface area contributed by atoms with Crippen LogP contribution in [0.4, 0.5) is 11.5 Å². The first-order valence-electron chi connectivity index (χ1n) is 5.42. The van der Waals surface area contributed by atoms with E-state index in [9.17, 15) is 0 Å². The van der Waals surface area contributed by atoms with Crippen molar-refractivity contribution in [3.63, 3.8) is 0 Å². The molecule has 0 saturated carbocycles. The minimum atomic E-state index is 0.894. The highest BCUT2D eigenvalue weighted by molar-refractivity contribution is 5.60. The largest absolute Gasteiger partial charge is 0.337 e. The zero-order valence-electron chi connectivity index (χ0n) is 9.86. The standard InChI is InChI=1S/C12H16N4/c1-4-10-11(8-16(3)15-10)14-12-9(2)6-5-7-13-12/h5-8H,4H2,1-3H3,(H,13,14). The van der Waals surface area contributed by atoms with Crippen molar-refractivity contribution < 1.29 is 0 Å². The maximum absolute atomic E-state index is 4.38. The van der Waals surface area contributed by atoms with Crippen LogP contribution in [0.2, 0.25) is 0 Å². The maximum atomic E-state index is 4.38. The van der Waals surface area contributed by atoms with Gasteiger partial charge in [-0.1, -0.05) is 13.0 Å². The van der Waals surface area contributed by atoms with E-state index < -0.39 is 0 Å². The fraction of sp³-hybridized carbons (Fsp3) is 0.333. The quantitative estimate of drug-likeness (QED) is 0.856. The number of nitrogens with one attached hydrogen (secondary N) is 1. The second-order valence-electron chi connectivity index (χ2n) is 3.81. The fourth-order valence-corrected chi connectivity index (χ4v) is 1.64. The first-order valence-corrected chi connectivity index (χ1v) is 5.42. The molecule has 2 heterocycles. The first-order chi connectivity index (χ1) is 7.70. The summed E-state index contributed by atoms with van der Waals surface area (Å²) < 4.78 is 1.82. The molecule has 1 N–H and O–H groups in total. The van der Waals surface area contributed by atoms with Crippen molar-refractivity contribution in [2.45, 2.75) is 20.3 Å². The molecule has 0 radical (unpaired) electrons. The Morgan fingerprint density at radius 1 is 1.44 bits per heavy atom. The van der Waals surface area contributed by atoms with Crippen LogP contribution in [-0.4, -0.2) is 14.8 Å². The SMILES string of the molecule is CCc1nn(C)cc1Nc1ncccc1C. The van der Waals surface area contributed by atoms with E-state index in [4.69, 9.17) is 0 Å². The molecule has 0 amide bonds. The number of rotatable bonds is 3. The predicted molar refractivity (Wildman–Crippen MR) is 64.8 cm³/mol. The predicted octanol–water partition coefficient (Wildman–Crippen LogP) is 2.43. The Bertz CT molecular complexity index is 488. The molecule has 2 aromatic heterocycles. The molecule has 0 aliphatic carbocycles. The van der Waals surface area contributed by atoms with Crippen LogP contribution in [0.15, 0.2) is 24.5 Å². The third kappa shape index (κ3) is 2.05. The second-order valence-corrected chi connectivity index (χ2v) is 3.81. The van der Waals surface area contributed by atoms with E-state index in [-0.39, 0.29) is 0 Å². The van der Waals surface area contributed by atoms with Crippen LogP contribution in [0.3, 0.4) is 0 Å². The van der Waals surface area contributed by atoms with E-state index >= 15 is 0 Å². The first kappa shape index (κ1) is 10.7. The molecule has 0 aliphatic heterocycles. The molecule has 0 unspecified atom stereocenters. The number of pyridine rings is 1. The average molecular weight is 216 g/mol. The van der Waals surface area contributed by atoms with Gasteiger partial charge in [-0.05, 0) is 25.0 Å². The van der Waals surface area contributed by atoms with Gasteiger partial charge >= 0.3 is 0 Å². The molecule has 0 saturated heterocycles. The van der Waals surface area contributed by atoms with Gasteiger partial charge in [-0.25, -0.2) is 4.98 Å². The topological polar surface area (TPSA) is 42.7 Å². The molecule has 0 aromatic carbocycles. The van der Waals surface area contributed by atoms with Gasteiger partial charge in [0, 0.05) is 19.4 Å². The Labute approximate surface area is 95.3 Å². The van der Waals surface area contributed by atoms with Crippen molar-refractivity contribution in [3.05, 3.63) is 35.8 Å². The van der Waals surface area contributed by atoms with Crippen LogP contribution < -0.4 is 5.32 Å². The van der Waals surface area contributed by atoms with Gasteiger partial charge in [0.05, 0.1) is 11.4 Å². The molecular weight excluding hydrogens is 200 g/mol. The van der Waals surface area contributed by atoms with Crippen molar-refractivity contribution in [2.75, 3.05) is 5.32 Å². The van der Waals surface area contributed by atoms with Crippen LogP contribution in [0.25, 0.3) is 0 Å². The third-order valence-electron chi connectivity index (χ3n) is 2.50. The lowest BCUT2D eigenvalue weighted by Crippen LogP contribution is -1.97. The Kier molecular flexibility index (Phi) is 2.90. The van der Waals surface area contributed by atoms with Gasteiger partial charge in [0.15, 0.2) is 0 Å². The Balaban J connectivity index is 2.30. The highest BCUT2D eigenvalue weighted by Crippen LogP contribution is 2.20. The number of aromatic nitrogens is 3. The minimum absolute atomic E-state index is 0.894. The van der Waals surface area contributed by atoms with Gasteiger partial charge in [-0.2, -0.15) is 5.10 Å². The molecule has 4 nitrogen and oxygen atoms in total. The molecule has 0 atom stereocenters. The van der Waals surface area contributed by atoms with Crippen molar-refractivity contribution in [1.82, 2.24) is 14.8 Å². The summed E-state index contributed by atoms with van der Waals surface area (Å²) in [6, 6.07) is 3.97. The highest BCUT2D eigenvalue weighted by atomic mass is 15.3. The molecular formula is C12H16N4. The fourth-order valence-electron chi connectivity index (χ4n) is 1.64. The van der Waals surface area contributed by atoms with Gasteiger partial charge in [0.2, 0.25) is 0 Å². The van der Waals surface area contributed by atoms with E-state index in [0.717, 1.165) is 29.2 Å². The summed E-state index contributed by atoms with van der Waals surface area (Å²) >= 11 is 0. The molecule has 0 fully saturated rings. The zero-order valence-corrected chi connectivity index (χ0v) is 9.86. The van der Waals surface area contributed by atoms with Gasteiger partial charge in [0.25, 0.3) is 0 Å². The van der Waals surface area contributed by atoms with Gasteiger partial charge in [0.1, 0.15) is 5.82 Å². The van der Waals surface area contributed by atoms with Gasteiger partial charge < -0.3 is 5.32 Å². The zero-order chi connectivity index (χ0) is 11.5. The van der Waals surface area contributed by atoms with Crippen molar-refractivity contribution in [3.8, 4) is 0 Å². The lowest BCUT2D eigenvalue weighted by atomic mass is 10.2. The summed E-state index contributed by atoms with van der Waals surface area (Å²) in [5.41, 5.74) is 3.23. The number of hydrogen-bond acceptors (Lipinski definition) is 3. The van der Waals surface area contributed by atoms with E-state index in [2.05, 4.69) is 22.3 Å². The minimum Gasteiger partial charge on any atom is -0.337 e. The summed E-state index contributed by atoms with van der Waals surface area (Å²) in [5, 5.41) is 7.70. The normalized spacial score (nSPS) is 10.4. The van der Waals surface area contributed by atoms with E-state index in [1.54, 1.807) is 6.20 Å². The van der Waals surface area contributed by atoms with Gasteiger partial charge in [-0.3, -0.25) is 4.68 Å². The molecule has 2 aromatic rings. The van der Waals surface area contributed by atoms with Gasteiger partial charge in [-0.15, -0.1) is 0 Å². The van der Waals surface area contributed by atoms with E-state index in [1.165, 1.54) is 0 Å². The smallest absolute Gasteiger partial charge is 0.133 e. The summed E-state index contributed by atoms with van der Waals surface area (Å²) in [5.74, 6) is 0.894. The number of anilines is 2. The molecule has 0 spiro atoms. The molecule has 84 valence electrons. The van der Waals surface area contributed by atoms with Crippen LogP contribution in [-0.2, 0) is 13.5 Å². The van der Waals surface area contributed by atoms with Crippen molar-refractivity contribution in [2.24, 2.45) is 7.05 Å². The van der Waals surface area contributed by atoms with E-state index in [0.29, 0.717) is 0 Å². The summed E-state index contributed by atoms with van der Waals surface area (Å²) in [4.78, 5) is 4.31. The number of hydrogen-bond donors (Lipinski definition) is 1. The Morgan fingerprint density at radius 3 is 2.94 bits per heavy atom. The third-order valence-corrected chi connectivity index (χ3v) is 2.50. The van der Waals surface area contributed by atoms with Crippen molar-refractivity contribution in [1.29, 1.82) is 0 Å². The maximum Gasteiger partial charge on any atom is 0.133 e. The number of nitrogens with zero attached hydrogens (tertiary/aromatic N) is 3. The lowest BCUT2D eigenvalue weighted by Gasteiger charge is -2.06. The molecule has 16 heavy (non-hydrogen) atoms. The second kappa shape index (κ2) is 4.35. The van der Waals surface area contributed by atoms with Crippen LogP contribution in [0.1, 0.15) is 18.2 Å². The monoisotopic (exact) mass is 216 g/mol. The highest BCUT2D eigenvalue weighted by Gasteiger charge is 2.07. The van der Waals surface area contributed by atoms with Crippen molar-refractivity contribution >= 4 is 11.5 Å². The lowest BCUT2D eigenvalue weighted by molar-refractivity contribution is 0.746. The Morgan fingerprint density at radius 2 is 2.25 bits per heavy atom. The summed E-state index contributed by atoms with van der Waals surface area (Å²) in [7, 11) is 1.93. The summed E-state index contributed by atoms with van der Waals surface area (Å²) in [6.07, 6.45) is 4.68. The Hall–Kier alpha value is -1.84. The average Bonchev–Trinajstić information content (AvgIpc) is 2.62. The molecule has 4 heteroatoms. The number of aryl methyl sites for hydroxylation is 3. The molecule has 0 bridgehead atoms. The van der Waals surface area contributed by atoms with Crippen LogP contribution in [0.5, 0.6) is 0 Å². The van der Waals surface area contributed by atoms with Crippen LogP contribution >= 0.6 is 0 Å². The van der Waals surface area contributed by atoms with E-state index in [1.807, 2.05) is 37.0 Å².